The van der Waals surface area contributed by atoms with Gasteiger partial charge in [-0.15, -0.1) is 0 Å². The van der Waals surface area contributed by atoms with E-state index in [1.807, 2.05) is 23.9 Å². The maximum atomic E-state index is 4.03. The van der Waals surface area contributed by atoms with E-state index in [0.29, 0.717) is 0 Å². The van der Waals surface area contributed by atoms with Gasteiger partial charge in [-0.2, -0.15) is 0 Å². The van der Waals surface area contributed by atoms with Crippen LogP contribution in [0.5, 0.6) is 0 Å². The average molecular weight is 420 g/mol. The molecule has 0 N–H and O–H groups in total. The predicted molar refractivity (Wildman–Crippen MR) is 136 cm³/mol. The lowest BCUT2D eigenvalue weighted by molar-refractivity contribution is 0.557. The zero-order valence-electron chi connectivity index (χ0n) is 18.7. The molecular weight excluding hydrogens is 382 g/mol. The van der Waals surface area contributed by atoms with Gasteiger partial charge >= 0.3 is 0 Å². The molecule has 0 saturated carbocycles. The molecule has 1 aliphatic heterocycles. The number of nitrogens with zero attached hydrogens (tertiary/aromatic N) is 1. The van der Waals surface area contributed by atoms with Crippen LogP contribution in [0.15, 0.2) is 59.3 Å². The van der Waals surface area contributed by atoms with Crippen LogP contribution in [0.3, 0.4) is 0 Å². The number of unbranched alkanes of at least 4 members (excludes halogenated alkanes) is 9. The summed E-state index contributed by atoms with van der Waals surface area (Å²) >= 11 is 1.86. The Kier molecular flexibility index (Phi) is 9.14. The van der Waals surface area contributed by atoms with Crippen LogP contribution in [0.2, 0.25) is 0 Å². The molecule has 0 radical (unpaired) electrons. The van der Waals surface area contributed by atoms with E-state index in [0.717, 1.165) is 6.54 Å². The quantitative estimate of drug-likeness (QED) is 0.297. The summed E-state index contributed by atoms with van der Waals surface area (Å²) in [5.74, 6) is 0. The van der Waals surface area contributed by atoms with Gasteiger partial charge in [0, 0.05) is 16.3 Å². The van der Waals surface area contributed by atoms with Gasteiger partial charge in [-0.05, 0) is 35.7 Å². The standard InChI is InChI=1S/C28H37NS/c1-4-7-8-9-10-11-12-13-14-15-21-29-25-20-19-23(5-2)22-27(25)30-28-24(6-3)17-16-18-26(28)29/h5-6,16-20,22H,2-4,7-15,21H2,1H3. The molecule has 0 saturated heterocycles. The van der Waals surface area contributed by atoms with Crippen molar-refractivity contribution in [1.82, 2.24) is 0 Å². The summed E-state index contributed by atoms with van der Waals surface area (Å²) in [6.45, 7) is 11.3. The predicted octanol–water partition coefficient (Wildman–Crippen LogP) is 9.50. The van der Waals surface area contributed by atoms with Crippen molar-refractivity contribution in [3.05, 3.63) is 60.7 Å². The van der Waals surface area contributed by atoms with Gasteiger partial charge in [-0.3, -0.25) is 0 Å². The lowest BCUT2D eigenvalue weighted by Gasteiger charge is -2.34. The van der Waals surface area contributed by atoms with Crippen molar-refractivity contribution in [2.45, 2.75) is 80.9 Å². The first-order chi connectivity index (χ1) is 14.8. The molecule has 2 aromatic rings. The topological polar surface area (TPSA) is 3.24 Å². The van der Waals surface area contributed by atoms with Gasteiger partial charge in [-0.25, -0.2) is 0 Å². The van der Waals surface area contributed by atoms with Crippen LogP contribution < -0.4 is 4.90 Å². The highest BCUT2D eigenvalue weighted by Crippen LogP contribution is 2.50. The van der Waals surface area contributed by atoms with Gasteiger partial charge in [0.15, 0.2) is 0 Å². The van der Waals surface area contributed by atoms with Crippen molar-refractivity contribution in [2.24, 2.45) is 0 Å². The number of anilines is 2. The van der Waals surface area contributed by atoms with Crippen molar-refractivity contribution in [3.63, 3.8) is 0 Å². The van der Waals surface area contributed by atoms with Gasteiger partial charge in [0.1, 0.15) is 0 Å². The zero-order chi connectivity index (χ0) is 21.2. The molecule has 1 heterocycles. The van der Waals surface area contributed by atoms with E-state index in [2.05, 4.69) is 61.4 Å². The van der Waals surface area contributed by atoms with Gasteiger partial charge in [-0.1, -0.05) is 120 Å². The highest BCUT2D eigenvalue weighted by molar-refractivity contribution is 7.99. The van der Waals surface area contributed by atoms with Crippen LogP contribution in [0.1, 0.15) is 82.3 Å². The van der Waals surface area contributed by atoms with Gasteiger partial charge in [0.05, 0.1) is 11.4 Å². The minimum absolute atomic E-state index is 1.07. The Balaban J connectivity index is 1.59. The van der Waals surface area contributed by atoms with E-state index in [1.54, 1.807) is 0 Å². The third-order valence-electron chi connectivity index (χ3n) is 5.99. The van der Waals surface area contributed by atoms with Crippen molar-refractivity contribution in [3.8, 4) is 0 Å². The first kappa shape index (κ1) is 22.7. The second-order valence-electron chi connectivity index (χ2n) is 8.27. The highest BCUT2D eigenvalue weighted by atomic mass is 32.2. The third kappa shape index (κ3) is 5.82. The average Bonchev–Trinajstić information content (AvgIpc) is 2.78. The van der Waals surface area contributed by atoms with E-state index in [-0.39, 0.29) is 0 Å². The number of benzene rings is 2. The number of fused-ring (bicyclic) bond motifs is 2. The lowest BCUT2D eigenvalue weighted by atomic mass is 10.1. The molecule has 0 atom stereocenters. The Hall–Kier alpha value is -1.93. The summed E-state index contributed by atoms with van der Waals surface area (Å²) in [5.41, 5.74) is 5.06. The number of rotatable bonds is 13. The Morgan fingerprint density at radius 1 is 0.800 bits per heavy atom. The first-order valence-corrected chi connectivity index (χ1v) is 12.6. The van der Waals surface area contributed by atoms with Crippen molar-refractivity contribution < 1.29 is 0 Å². The molecule has 0 spiro atoms. The Labute approximate surface area is 188 Å². The van der Waals surface area contributed by atoms with E-state index in [4.69, 9.17) is 0 Å². The molecule has 0 aliphatic carbocycles. The largest absolute Gasteiger partial charge is 0.340 e. The van der Waals surface area contributed by atoms with E-state index >= 15 is 0 Å². The molecule has 30 heavy (non-hydrogen) atoms. The fourth-order valence-electron chi connectivity index (χ4n) is 4.23. The molecule has 2 heteroatoms. The smallest absolute Gasteiger partial charge is 0.0558 e. The van der Waals surface area contributed by atoms with Crippen LogP contribution in [0.4, 0.5) is 11.4 Å². The molecule has 0 aromatic heterocycles. The molecule has 3 rings (SSSR count). The fraction of sp³-hybridized carbons (Fsp3) is 0.429. The van der Waals surface area contributed by atoms with Gasteiger partial charge in [0.25, 0.3) is 0 Å². The summed E-state index contributed by atoms with van der Waals surface area (Å²) in [6, 6.07) is 13.3. The summed E-state index contributed by atoms with van der Waals surface area (Å²) in [5, 5.41) is 0. The maximum Gasteiger partial charge on any atom is 0.0558 e. The molecule has 2 aromatic carbocycles. The maximum absolute atomic E-state index is 4.03. The highest BCUT2D eigenvalue weighted by Gasteiger charge is 2.24. The normalized spacial score (nSPS) is 12.4. The molecular formula is C28H37NS. The summed E-state index contributed by atoms with van der Waals surface area (Å²) < 4.78 is 0. The summed E-state index contributed by atoms with van der Waals surface area (Å²) in [7, 11) is 0. The third-order valence-corrected chi connectivity index (χ3v) is 7.19. The molecule has 0 fully saturated rings. The number of hydrogen-bond donors (Lipinski definition) is 0. The van der Waals surface area contributed by atoms with Crippen LogP contribution >= 0.6 is 11.8 Å². The Morgan fingerprint density at radius 3 is 2.17 bits per heavy atom. The Bertz CT molecular complexity index is 839. The van der Waals surface area contributed by atoms with Crippen molar-refractivity contribution in [2.75, 3.05) is 11.4 Å². The minimum Gasteiger partial charge on any atom is -0.340 e. The van der Waals surface area contributed by atoms with Crippen LogP contribution in [0, 0.1) is 0 Å². The molecule has 0 amide bonds. The van der Waals surface area contributed by atoms with Crippen molar-refractivity contribution in [1.29, 1.82) is 0 Å². The second-order valence-corrected chi connectivity index (χ2v) is 9.32. The fourth-order valence-corrected chi connectivity index (χ4v) is 5.48. The van der Waals surface area contributed by atoms with E-state index in [1.165, 1.54) is 96.5 Å². The molecule has 0 unspecified atom stereocenters. The lowest BCUT2D eigenvalue weighted by Crippen LogP contribution is -2.22. The summed E-state index contributed by atoms with van der Waals surface area (Å²) in [4.78, 5) is 5.17. The SMILES string of the molecule is C=Cc1ccc2c(c1)Sc1c(C=C)cccc1N2CCCCCCCCCCCC. The molecule has 160 valence electrons. The van der Waals surface area contributed by atoms with Crippen LogP contribution in [-0.4, -0.2) is 6.54 Å². The van der Waals surface area contributed by atoms with Gasteiger partial charge in [0.2, 0.25) is 0 Å². The number of hydrogen-bond acceptors (Lipinski definition) is 2. The van der Waals surface area contributed by atoms with Crippen LogP contribution in [0.25, 0.3) is 12.2 Å². The first-order valence-electron chi connectivity index (χ1n) is 11.8. The van der Waals surface area contributed by atoms with Crippen molar-refractivity contribution >= 4 is 35.3 Å². The molecule has 1 aliphatic rings. The van der Waals surface area contributed by atoms with Crippen LogP contribution in [-0.2, 0) is 0 Å². The zero-order valence-corrected chi connectivity index (χ0v) is 19.5. The Morgan fingerprint density at radius 2 is 1.50 bits per heavy atom. The molecule has 0 bridgehead atoms. The van der Waals surface area contributed by atoms with Gasteiger partial charge < -0.3 is 4.90 Å². The minimum atomic E-state index is 1.07. The van der Waals surface area contributed by atoms with E-state index in [9.17, 15) is 0 Å². The van der Waals surface area contributed by atoms with E-state index < -0.39 is 0 Å². The monoisotopic (exact) mass is 419 g/mol. The molecule has 1 nitrogen and oxygen atoms in total. The summed E-state index contributed by atoms with van der Waals surface area (Å²) in [6.07, 6.45) is 17.6. The second kappa shape index (κ2) is 12.1.